The number of hydrogen-bond donors (Lipinski definition) is 0. The largest absolute Gasteiger partial charge is 0.437 e. The summed E-state index contributed by atoms with van der Waals surface area (Å²) in [6.07, 6.45) is 6.33. The van der Waals surface area contributed by atoms with Gasteiger partial charge in [0.25, 0.3) is 0 Å². The predicted octanol–water partition coefficient (Wildman–Crippen LogP) is 6.35. The first kappa shape index (κ1) is 25.7. The molecule has 0 saturated carbocycles. The minimum Gasteiger partial charge on any atom is -0.437 e. The summed E-state index contributed by atoms with van der Waals surface area (Å²) < 4.78 is 25.7. The van der Waals surface area contributed by atoms with E-state index in [9.17, 15) is 0 Å². The van der Waals surface area contributed by atoms with Gasteiger partial charge in [0.1, 0.15) is 0 Å². The van der Waals surface area contributed by atoms with Gasteiger partial charge in [-0.25, -0.2) is 0 Å². The highest BCUT2D eigenvalue weighted by Crippen LogP contribution is 2.28. The molecule has 8 heteroatoms. The van der Waals surface area contributed by atoms with Gasteiger partial charge in [0.2, 0.25) is 0 Å². The van der Waals surface area contributed by atoms with Crippen molar-refractivity contribution in [2.45, 2.75) is 104 Å². The maximum atomic E-state index is 6.71. The molecule has 0 bridgehead atoms. The zero-order valence-corrected chi connectivity index (χ0v) is 22.6. The molecule has 0 aliphatic rings. The van der Waals surface area contributed by atoms with Crippen molar-refractivity contribution in [2.75, 3.05) is 6.61 Å². The highest BCUT2D eigenvalue weighted by atomic mass is 28.5. The molecule has 0 fully saturated rings. The van der Waals surface area contributed by atoms with Crippen LogP contribution in [0.25, 0.3) is 0 Å². The highest BCUT2D eigenvalue weighted by Gasteiger charge is 2.45. The van der Waals surface area contributed by atoms with Crippen LogP contribution in [0.3, 0.4) is 0 Å². The van der Waals surface area contributed by atoms with E-state index in [0.29, 0.717) is 6.61 Å². The average molecular weight is 425 g/mol. The van der Waals surface area contributed by atoms with E-state index in [4.69, 9.17) is 16.8 Å². The maximum Gasteiger partial charge on any atom is 0.322 e. The molecule has 0 spiro atoms. The first-order valence-electron chi connectivity index (χ1n) is 9.99. The van der Waals surface area contributed by atoms with Crippen molar-refractivity contribution in [3.05, 3.63) is 0 Å². The molecule has 0 saturated heterocycles. The SMILES string of the molecule is CCCCCCC[Si](C)(O[Si](C)(C)OCC)O[Si](C)(C)O[Si](C)(C)C. The third-order valence-electron chi connectivity index (χ3n) is 3.70. The molecule has 0 rings (SSSR count). The van der Waals surface area contributed by atoms with Crippen molar-refractivity contribution in [3.8, 4) is 0 Å². The van der Waals surface area contributed by atoms with E-state index in [2.05, 4.69) is 59.3 Å². The molecule has 0 N–H and O–H groups in total. The summed E-state index contributed by atoms with van der Waals surface area (Å²) in [6, 6.07) is 1.03. The molecule has 25 heavy (non-hydrogen) atoms. The Hall–Kier alpha value is 0.708. The Morgan fingerprint density at radius 1 is 0.600 bits per heavy atom. The van der Waals surface area contributed by atoms with E-state index in [0.717, 1.165) is 6.04 Å². The zero-order valence-electron chi connectivity index (χ0n) is 18.6. The number of unbranched alkanes of at least 4 members (excludes halogenated alkanes) is 4. The van der Waals surface area contributed by atoms with Crippen LogP contribution in [0.15, 0.2) is 0 Å². The molecule has 0 amide bonds. The summed E-state index contributed by atoms with van der Waals surface area (Å²) in [5.74, 6) is 0. The Bertz CT molecular complexity index is 372. The van der Waals surface area contributed by atoms with Crippen LogP contribution in [-0.2, 0) is 16.8 Å². The van der Waals surface area contributed by atoms with Gasteiger partial charge in [-0.1, -0.05) is 39.0 Å². The van der Waals surface area contributed by atoms with Gasteiger partial charge in [-0.2, -0.15) is 0 Å². The van der Waals surface area contributed by atoms with Gasteiger partial charge in [0.15, 0.2) is 8.32 Å². The summed E-state index contributed by atoms with van der Waals surface area (Å²) >= 11 is 0. The Morgan fingerprint density at radius 2 is 1.12 bits per heavy atom. The van der Waals surface area contributed by atoms with Gasteiger partial charge in [-0.15, -0.1) is 0 Å². The van der Waals surface area contributed by atoms with Crippen molar-refractivity contribution in [1.29, 1.82) is 0 Å². The minimum absolute atomic E-state index is 0.701. The molecule has 0 radical (unpaired) electrons. The fourth-order valence-corrected chi connectivity index (χ4v) is 21.3. The van der Waals surface area contributed by atoms with Gasteiger partial charge < -0.3 is 16.8 Å². The topological polar surface area (TPSA) is 36.9 Å². The van der Waals surface area contributed by atoms with Gasteiger partial charge in [-0.05, 0) is 65.3 Å². The molecular formula is C17H44O4Si4. The molecule has 4 nitrogen and oxygen atoms in total. The Morgan fingerprint density at radius 3 is 1.60 bits per heavy atom. The van der Waals surface area contributed by atoms with Crippen molar-refractivity contribution in [1.82, 2.24) is 0 Å². The Kier molecular flexibility index (Phi) is 11.2. The molecule has 152 valence electrons. The molecule has 1 atom stereocenters. The lowest BCUT2D eigenvalue weighted by Crippen LogP contribution is -2.58. The molecule has 0 aliphatic heterocycles. The van der Waals surface area contributed by atoms with E-state index in [1.54, 1.807) is 0 Å². The van der Waals surface area contributed by atoms with E-state index in [-0.39, 0.29) is 0 Å². The average Bonchev–Trinajstić information content (AvgIpc) is 2.33. The van der Waals surface area contributed by atoms with E-state index in [1.807, 2.05) is 6.92 Å². The van der Waals surface area contributed by atoms with Crippen LogP contribution in [0.5, 0.6) is 0 Å². The molecule has 0 aliphatic carbocycles. The molecule has 0 aromatic rings. The number of hydrogen-bond acceptors (Lipinski definition) is 4. The third-order valence-corrected chi connectivity index (χ3v) is 17.8. The standard InChI is InChI=1S/C17H44O4Si4/c1-11-13-14-15-16-17-25(10,20-23(6,7)18-12-2)21-24(8,9)19-22(3,4)5/h11-17H2,1-10H3. The highest BCUT2D eigenvalue weighted by molar-refractivity contribution is 6.88. The van der Waals surface area contributed by atoms with E-state index >= 15 is 0 Å². The predicted molar refractivity (Wildman–Crippen MR) is 118 cm³/mol. The molecule has 0 aromatic heterocycles. The fourth-order valence-electron chi connectivity index (χ4n) is 3.35. The fraction of sp³-hybridized carbons (Fsp3) is 1.00. The second kappa shape index (κ2) is 10.9. The second-order valence-electron chi connectivity index (χ2n) is 8.95. The minimum atomic E-state index is -2.32. The molecule has 0 aromatic carbocycles. The third kappa shape index (κ3) is 13.5. The Balaban J connectivity index is 5.03. The van der Waals surface area contributed by atoms with E-state index in [1.165, 1.54) is 32.1 Å². The lowest BCUT2D eigenvalue weighted by atomic mass is 10.2. The summed E-state index contributed by atoms with van der Waals surface area (Å²) in [5, 5.41) is 0. The van der Waals surface area contributed by atoms with Crippen LogP contribution in [0.4, 0.5) is 0 Å². The smallest absolute Gasteiger partial charge is 0.322 e. The maximum absolute atomic E-state index is 6.71. The van der Waals surface area contributed by atoms with Crippen LogP contribution in [0.2, 0.25) is 58.4 Å². The summed E-state index contributed by atoms with van der Waals surface area (Å²) in [5.41, 5.74) is 0. The summed E-state index contributed by atoms with van der Waals surface area (Å²) in [4.78, 5) is 0. The van der Waals surface area contributed by atoms with Crippen LogP contribution >= 0.6 is 0 Å². The molecule has 1 unspecified atom stereocenters. The van der Waals surface area contributed by atoms with Gasteiger partial charge in [-0.3, -0.25) is 0 Å². The van der Waals surface area contributed by atoms with Crippen LogP contribution in [-0.4, -0.2) is 40.6 Å². The lowest BCUT2D eigenvalue weighted by molar-refractivity contribution is 0.232. The summed E-state index contributed by atoms with van der Waals surface area (Å²) in [6.45, 7) is 22.5. The normalized spacial score (nSPS) is 16.1. The molecule has 0 heterocycles. The van der Waals surface area contributed by atoms with Crippen LogP contribution in [0.1, 0.15) is 46.0 Å². The second-order valence-corrected chi connectivity index (χ2v) is 24.3. The van der Waals surface area contributed by atoms with Gasteiger partial charge in [0, 0.05) is 6.61 Å². The lowest BCUT2D eigenvalue weighted by Gasteiger charge is -2.41. The van der Waals surface area contributed by atoms with E-state index < -0.39 is 34.0 Å². The first-order chi connectivity index (χ1) is 11.2. The van der Waals surface area contributed by atoms with Crippen LogP contribution in [0, 0.1) is 0 Å². The van der Waals surface area contributed by atoms with Crippen molar-refractivity contribution in [2.24, 2.45) is 0 Å². The van der Waals surface area contributed by atoms with Crippen molar-refractivity contribution in [3.63, 3.8) is 0 Å². The first-order valence-corrected chi connectivity index (χ1v) is 21.6. The van der Waals surface area contributed by atoms with Crippen LogP contribution < -0.4 is 0 Å². The Labute approximate surface area is 161 Å². The number of rotatable bonds is 14. The van der Waals surface area contributed by atoms with Crippen molar-refractivity contribution >= 4 is 34.0 Å². The summed E-state index contributed by atoms with van der Waals surface area (Å²) in [7, 11) is -8.32. The van der Waals surface area contributed by atoms with Crippen molar-refractivity contribution < 1.29 is 16.8 Å². The monoisotopic (exact) mass is 424 g/mol. The molecular weight excluding hydrogens is 381 g/mol. The van der Waals surface area contributed by atoms with Gasteiger partial charge >= 0.3 is 25.7 Å². The zero-order chi connectivity index (χ0) is 19.8. The van der Waals surface area contributed by atoms with Gasteiger partial charge in [0.05, 0.1) is 0 Å². The quantitative estimate of drug-likeness (QED) is 0.240.